The topological polar surface area (TPSA) is 75.7 Å². The summed E-state index contributed by atoms with van der Waals surface area (Å²) in [5.41, 5.74) is -0.379. The average Bonchev–Trinajstić information content (AvgIpc) is 2.66. The van der Waals surface area contributed by atoms with Gasteiger partial charge in [0.25, 0.3) is 17.4 Å². The summed E-state index contributed by atoms with van der Waals surface area (Å²) < 4.78 is 5.79. The Hall–Kier alpha value is -3.15. The third-order valence-corrected chi connectivity index (χ3v) is 4.44. The van der Waals surface area contributed by atoms with Crippen LogP contribution in [0.2, 0.25) is 0 Å². The van der Waals surface area contributed by atoms with E-state index in [2.05, 4.69) is 5.32 Å². The summed E-state index contributed by atoms with van der Waals surface area (Å²) in [7, 11) is 0. The number of nitrogens with one attached hydrogen (secondary N) is 1. The molecule has 2 aromatic carbocycles. The lowest BCUT2D eigenvalue weighted by Crippen LogP contribution is -2.61. The van der Waals surface area contributed by atoms with Crippen LogP contribution in [0.1, 0.15) is 19.4 Å². The van der Waals surface area contributed by atoms with Gasteiger partial charge in [-0.05, 0) is 31.5 Å². The molecule has 0 spiro atoms. The van der Waals surface area contributed by atoms with Gasteiger partial charge in [-0.2, -0.15) is 0 Å². The van der Waals surface area contributed by atoms with Gasteiger partial charge in [0.15, 0.2) is 0 Å². The van der Waals surface area contributed by atoms with Gasteiger partial charge in [0.1, 0.15) is 12.0 Å². The first-order chi connectivity index (χ1) is 12.5. The number of para-hydroxylation sites is 2. The van der Waals surface area contributed by atoms with Gasteiger partial charge in [-0.1, -0.05) is 42.5 Å². The van der Waals surface area contributed by atoms with Crippen molar-refractivity contribution < 1.29 is 19.1 Å². The van der Waals surface area contributed by atoms with Crippen LogP contribution in [0.5, 0.6) is 5.75 Å². The quantitative estimate of drug-likeness (QED) is 0.662. The highest BCUT2D eigenvalue weighted by molar-refractivity contribution is 6.15. The standard InChI is InChI=1S/C20H20N2O4/c1-14(13-23)22(12-15-8-4-3-5-9-15)19(25)20(2)18(24)21-16-10-6-7-11-17(16)26-20/h3-11,13-14H,12H2,1-2H3,(H,21,24)/t14-,20?/m0/s1. The SMILES string of the molecule is C[C@@H](C=O)N(Cc1ccccc1)C(=O)C1(C)Oc2ccccc2NC1=O. The Balaban J connectivity index is 1.93. The van der Waals surface area contributed by atoms with E-state index in [4.69, 9.17) is 4.74 Å². The number of carbonyl (C=O) groups excluding carboxylic acids is 3. The molecule has 0 bridgehead atoms. The van der Waals surface area contributed by atoms with Crippen molar-refractivity contribution in [2.24, 2.45) is 0 Å². The third kappa shape index (κ3) is 3.18. The van der Waals surface area contributed by atoms with Crippen LogP contribution < -0.4 is 10.1 Å². The van der Waals surface area contributed by atoms with Crippen molar-refractivity contribution in [1.29, 1.82) is 0 Å². The van der Waals surface area contributed by atoms with Crippen LogP contribution in [0, 0.1) is 0 Å². The molecule has 0 saturated carbocycles. The normalized spacial score (nSPS) is 19.5. The predicted octanol–water partition coefficient (Wildman–Crippen LogP) is 2.39. The molecule has 0 aromatic heterocycles. The maximum atomic E-state index is 13.2. The largest absolute Gasteiger partial charge is 0.466 e. The van der Waals surface area contributed by atoms with Crippen LogP contribution in [-0.2, 0) is 20.9 Å². The molecule has 6 heteroatoms. The number of hydrogen-bond acceptors (Lipinski definition) is 4. The lowest BCUT2D eigenvalue weighted by Gasteiger charge is -2.38. The van der Waals surface area contributed by atoms with Crippen LogP contribution >= 0.6 is 0 Å². The summed E-state index contributed by atoms with van der Waals surface area (Å²) in [5, 5.41) is 2.71. The van der Waals surface area contributed by atoms with Gasteiger partial charge in [0.2, 0.25) is 0 Å². The van der Waals surface area contributed by atoms with Crippen molar-refractivity contribution in [3.63, 3.8) is 0 Å². The number of carbonyl (C=O) groups is 3. The summed E-state index contributed by atoms with van der Waals surface area (Å²) in [6.07, 6.45) is 0.679. The lowest BCUT2D eigenvalue weighted by molar-refractivity contribution is -0.157. The lowest BCUT2D eigenvalue weighted by atomic mass is 9.99. The van der Waals surface area contributed by atoms with E-state index >= 15 is 0 Å². The molecule has 2 aromatic rings. The minimum Gasteiger partial charge on any atom is -0.466 e. The number of nitrogens with zero attached hydrogens (tertiary/aromatic N) is 1. The molecule has 0 radical (unpaired) electrons. The third-order valence-electron chi connectivity index (χ3n) is 4.44. The number of ether oxygens (including phenoxy) is 1. The summed E-state index contributed by atoms with van der Waals surface area (Å²) in [4.78, 5) is 38.6. The highest BCUT2D eigenvalue weighted by Gasteiger charge is 2.50. The van der Waals surface area contributed by atoms with Gasteiger partial charge in [-0.3, -0.25) is 9.59 Å². The van der Waals surface area contributed by atoms with Crippen LogP contribution in [-0.4, -0.2) is 34.6 Å². The number of hydrogen-bond donors (Lipinski definition) is 1. The molecule has 2 atom stereocenters. The number of benzene rings is 2. The number of aldehydes is 1. The molecule has 0 fully saturated rings. The van der Waals surface area contributed by atoms with Gasteiger partial charge in [0, 0.05) is 6.54 Å². The van der Waals surface area contributed by atoms with Crippen molar-refractivity contribution in [2.45, 2.75) is 32.0 Å². The predicted molar refractivity (Wildman–Crippen MR) is 96.6 cm³/mol. The van der Waals surface area contributed by atoms with Crippen molar-refractivity contribution in [3.05, 3.63) is 60.2 Å². The summed E-state index contributed by atoms with van der Waals surface area (Å²) in [6.45, 7) is 3.25. The van der Waals surface area contributed by atoms with E-state index in [9.17, 15) is 14.4 Å². The zero-order valence-corrected chi connectivity index (χ0v) is 14.6. The van der Waals surface area contributed by atoms with E-state index in [0.717, 1.165) is 5.56 Å². The molecule has 1 N–H and O–H groups in total. The highest BCUT2D eigenvalue weighted by Crippen LogP contribution is 2.34. The second-order valence-electron chi connectivity index (χ2n) is 6.38. The van der Waals surface area contributed by atoms with E-state index < -0.39 is 23.5 Å². The Morgan fingerprint density at radius 1 is 1.19 bits per heavy atom. The number of rotatable bonds is 5. The molecule has 1 aliphatic heterocycles. The Morgan fingerprint density at radius 3 is 2.54 bits per heavy atom. The second-order valence-corrected chi connectivity index (χ2v) is 6.38. The van der Waals surface area contributed by atoms with E-state index in [1.165, 1.54) is 11.8 Å². The minimum absolute atomic E-state index is 0.202. The Bertz CT molecular complexity index is 837. The van der Waals surface area contributed by atoms with Crippen LogP contribution in [0.3, 0.4) is 0 Å². The zero-order valence-electron chi connectivity index (χ0n) is 14.6. The van der Waals surface area contributed by atoms with Crippen LogP contribution in [0.4, 0.5) is 5.69 Å². The molecule has 1 heterocycles. The van der Waals surface area contributed by atoms with E-state index in [1.54, 1.807) is 31.2 Å². The average molecular weight is 352 g/mol. The molecule has 6 nitrogen and oxygen atoms in total. The molecule has 1 unspecified atom stereocenters. The highest BCUT2D eigenvalue weighted by atomic mass is 16.5. The Kier molecular flexibility index (Phi) is 4.75. The molecule has 2 amide bonds. The monoisotopic (exact) mass is 352 g/mol. The van der Waals surface area contributed by atoms with Crippen molar-refractivity contribution in [2.75, 3.05) is 5.32 Å². The Labute approximate surface area is 151 Å². The fourth-order valence-electron chi connectivity index (χ4n) is 2.84. The fraction of sp³-hybridized carbons (Fsp3) is 0.250. The summed E-state index contributed by atoms with van der Waals surface area (Å²) in [5.74, 6) is -0.702. The Morgan fingerprint density at radius 2 is 1.85 bits per heavy atom. The summed E-state index contributed by atoms with van der Waals surface area (Å²) in [6, 6.07) is 15.5. The molecular formula is C20H20N2O4. The first-order valence-electron chi connectivity index (χ1n) is 8.35. The molecule has 26 heavy (non-hydrogen) atoms. The fourth-order valence-corrected chi connectivity index (χ4v) is 2.84. The maximum absolute atomic E-state index is 13.2. The smallest absolute Gasteiger partial charge is 0.278 e. The van der Waals surface area contributed by atoms with E-state index in [1.807, 2.05) is 30.3 Å². The number of amides is 2. The first-order valence-corrected chi connectivity index (χ1v) is 8.35. The van der Waals surface area contributed by atoms with Crippen LogP contribution in [0.25, 0.3) is 0 Å². The summed E-state index contributed by atoms with van der Waals surface area (Å²) >= 11 is 0. The molecule has 0 saturated heterocycles. The van der Waals surface area contributed by atoms with Crippen LogP contribution in [0.15, 0.2) is 54.6 Å². The van der Waals surface area contributed by atoms with E-state index in [-0.39, 0.29) is 6.54 Å². The van der Waals surface area contributed by atoms with Crippen molar-refractivity contribution >= 4 is 23.8 Å². The minimum atomic E-state index is -1.75. The molecule has 134 valence electrons. The van der Waals surface area contributed by atoms with Crippen molar-refractivity contribution in [1.82, 2.24) is 4.90 Å². The van der Waals surface area contributed by atoms with Gasteiger partial charge in [-0.15, -0.1) is 0 Å². The van der Waals surface area contributed by atoms with Crippen molar-refractivity contribution in [3.8, 4) is 5.75 Å². The van der Waals surface area contributed by atoms with E-state index in [0.29, 0.717) is 17.7 Å². The van der Waals surface area contributed by atoms with Gasteiger partial charge < -0.3 is 19.7 Å². The molecule has 1 aliphatic rings. The number of fused-ring (bicyclic) bond motifs is 1. The van der Waals surface area contributed by atoms with Gasteiger partial charge in [-0.25, -0.2) is 0 Å². The zero-order chi connectivity index (χ0) is 18.7. The molecule has 0 aliphatic carbocycles. The first kappa shape index (κ1) is 17.7. The molecule has 3 rings (SSSR count). The second kappa shape index (κ2) is 7.00. The maximum Gasteiger partial charge on any atom is 0.278 e. The van der Waals surface area contributed by atoms with Gasteiger partial charge >= 0.3 is 0 Å². The molecular weight excluding hydrogens is 332 g/mol. The number of anilines is 1. The van der Waals surface area contributed by atoms with Gasteiger partial charge in [0.05, 0.1) is 11.7 Å².